The van der Waals surface area contributed by atoms with Gasteiger partial charge >= 0.3 is 0 Å². The third kappa shape index (κ3) is 2.92. The molecule has 4 atom stereocenters. The second-order valence-electron chi connectivity index (χ2n) is 8.09. The molecule has 2 bridgehead atoms. The van der Waals surface area contributed by atoms with Crippen LogP contribution >= 0.6 is 0 Å². The van der Waals surface area contributed by atoms with Crippen molar-refractivity contribution in [3.63, 3.8) is 0 Å². The summed E-state index contributed by atoms with van der Waals surface area (Å²) in [5, 5.41) is 7.93. The van der Waals surface area contributed by atoms with Crippen LogP contribution in [-0.2, 0) is 33.8 Å². The number of likely N-dealkylation sites (tertiary alicyclic amines) is 1. The molecule has 2 fully saturated rings. The summed E-state index contributed by atoms with van der Waals surface area (Å²) in [5.74, 6) is -0.360. The van der Waals surface area contributed by atoms with Crippen LogP contribution in [-0.4, -0.2) is 62.1 Å². The molecule has 3 aliphatic heterocycles. The molecule has 9 nitrogen and oxygen atoms in total. The van der Waals surface area contributed by atoms with E-state index in [0.717, 1.165) is 5.56 Å². The molecule has 5 heterocycles. The van der Waals surface area contributed by atoms with Gasteiger partial charge in [0.15, 0.2) is 0 Å². The van der Waals surface area contributed by atoms with Crippen LogP contribution in [0.5, 0.6) is 0 Å². The number of ether oxygens (including phenoxy) is 1. The average Bonchev–Trinajstić information content (AvgIpc) is 3.50. The van der Waals surface area contributed by atoms with E-state index in [9.17, 15) is 9.59 Å². The van der Waals surface area contributed by atoms with Crippen LogP contribution in [0.25, 0.3) is 0 Å². The van der Waals surface area contributed by atoms with Crippen molar-refractivity contribution in [1.29, 1.82) is 0 Å². The van der Waals surface area contributed by atoms with Gasteiger partial charge in [0, 0.05) is 32.4 Å². The van der Waals surface area contributed by atoms with Gasteiger partial charge in [-0.1, -0.05) is 25.1 Å². The fourth-order valence-corrected chi connectivity index (χ4v) is 4.74. The van der Waals surface area contributed by atoms with Crippen molar-refractivity contribution in [2.24, 2.45) is 11.8 Å². The number of carbonyl (C=O) groups excluding carboxylic acids is 2. The lowest BCUT2D eigenvalue weighted by Gasteiger charge is -2.27. The lowest BCUT2D eigenvalue weighted by molar-refractivity contribution is -0.143. The van der Waals surface area contributed by atoms with E-state index in [0.29, 0.717) is 31.3 Å². The number of aromatic nitrogens is 3. The number of rotatable bonds is 6. The van der Waals surface area contributed by atoms with Gasteiger partial charge in [-0.3, -0.25) is 14.6 Å². The predicted molar refractivity (Wildman–Crippen MR) is 104 cm³/mol. The normalized spacial score (nSPS) is 28.9. The standard InChI is InChI=1S/C21H23N5O4/c1-3-15-23-24-16(29-15)11-25(2)19(27)17-14-6-7-21(30-14)12-26(20(28)18(17)21)10-13-5-4-8-22-9-13/h4-9,14,17-18H,3,10-12H2,1-2H3/t14-,17?,18?,21-/m0/s1. The Morgan fingerprint density at radius 2 is 2.20 bits per heavy atom. The topological polar surface area (TPSA) is 102 Å². The first-order chi connectivity index (χ1) is 14.5. The van der Waals surface area contributed by atoms with Gasteiger partial charge in [0.2, 0.25) is 23.6 Å². The van der Waals surface area contributed by atoms with E-state index in [1.54, 1.807) is 29.2 Å². The van der Waals surface area contributed by atoms with Crippen LogP contribution < -0.4 is 0 Å². The molecule has 30 heavy (non-hydrogen) atoms. The van der Waals surface area contributed by atoms with E-state index in [4.69, 9.17) is 9.15 Å². The first kappa shape index (κ1) is 18.9. The van der Waals surface area contributed by atoms with E-state index < -0.39 is 17.4 Å². The minimum absolute atomic E-state index is 0.0523. The Morgan fingerprint density at radius 1 is 1.37 bits per heavy atom. The Hall–Kier alpha value is -3.07. The molecule has 0 N–H and O–H groups in total. The average molecular weight is 409 g/mol. The van der Waals surface area contributed by atoms with Gasteiger partial charge in [0.05, 0.1) is 31.0 Å². The highest BCUT2D eigenvalue weighted by atomic mass is 16.5. The van der Waals surface area contributed by atoms with Crippen LogP contribution in [0.15, 0.2) is 41.1 Å². The quantitative estimate of drug-likeness (QED) is 0.655. The molecule has 2 saturated heterocycles. The molecule has 0 aliphatic carbocycles. The predicted octanol–water partition coefficient (Wildman–Crippen LogP) is 0.968. The Morgan fingerprint density at radius 3 is 2.93 bits per heavy atom. The molecule has 156 valence electrons. The van der Waals surface area contributed by atoms with Crippen molar-refractivity contribution in [3.05, 3.63) is 54.0 Å². The number of pyridine rings is 1. The maximum absolute atomic E-state index is 13.3. The van der Waals surface area contributed by atoms with Gasteiger partial charge in [-0.25, -0.2) is 0 Å². The van der Waals surface area contributed by atoms with Crippen molar-refractivity contribution >= 4 is 11.8 Å². The van der Waals surface area contributed by atoms with Crippen molar-refractivity contribution in [2.45, 2.75) is 38.1 Å². The van der Waals surface area contributed by atoms with Crippen molar-refractivity contribution in [1.82, 2.24) is 25.0 Å². The highest BCUT2D eigenvalue weighted by Crippen LogP contribution is 2.52. The van der Waals surface area contributed by atoms with E-state index in [1.807, 2.05) is 31.2 Å². The molecule has 2 amide bonds. The molecule has 5 rings (SSSR count). The highest BCUT2D eigenvalue weighted by Gasteiger charge is 2.67. The summed E-state index contributed by atoms with van der Waals surface area (Å²) in [6.45, 7) is 3.01. The number of fused-ring (bicyclic) bond motifs is 1. The second kappa shape index (κ2) is 7.02. The molecule has 1 spiro atoms. The SMILES string of the molecule is CCc1nnc(CN(C)C(=O)C2C3C(=O)N(Cc4cccnc4)C[C@@]34C=C[C@@H]2O4)o1. The van der Waals surface area contributed by atoms with Gasteiger partial charge in [-0.2, -0.15) is 0 Å². The Kier molecular flexibility index (Phi) is 4.43. The van der Waals surface area contributed by atoms with Crippen LogP contribution in [0.4, 0.5) is 0 Å². The lowest BCUT2D eigenvalue weighted by Crippen LogP contribution is -2.44. The number of carbonyl (C=O) groups is 2. The molecule has 9 heteroatoms. The minimum Gasteiger partial charge on any atom is -0.423 e. The minimum atomic E-state index is -0.731. The number of aryl methyl sites for hydroxylation is 1. The lowest BCUT2D eigenvalue weighted by atomic mass is 9.76. The maximum atomic E-state index is 13.3. The number of amides is 2. The fraction of sp³-hybridized carbons (Fsp3) is 0.476. The van der Waals surface area contributed by atoms with Gasteiger partial charge in [0.1, 0.15) is 5.60 Å². The summed E-state index contributed by atoms with van der Waals surface area (Å²) in [6.07, 6.45) is 7.57. The summed E-state index contributed by atoms with van der Waals surface area (Å²) in [7, 11) is 1.69. The van der Waals surface area contributed by atoms with Gasteiger partial charge < -0.3 is 19.0 Å². The van der Waals surface area contributed by atoms with Crippen molar-refractivity contribution < 1.29 is 18.7 Å². The summed E-state index contributed by atoms with van der Waals surface area (Å²) >= 11 is 0. The van der Waals surface area contributed by atoms with Crippen LogP contribution in [0, 0.1) is 11.8 Å². The van der Waals surface area contributed by atoms with Crippen LogP contribution in [0.1, 0.15) is 24.3 Å². The van der Waals surface area contributed by atoms with Gasteiger partial charge in [-0.05, 0) is 11.6 Å². The van der Waals surface area contributed by atoms with Crippen LogP contribution in [0.3, 0.4) is 0 Å². The van der Waals surface area contributed by atoms with E-state index in [-0.39, 0.29) is 24.5 Å². The Bertz CT molecular complexity index is 1010. The third-order valence-electron chi connectivity index (χ3n) is 6.12. The Labute approximate surface area is 173 Å². The largest absolute Gasteiger partial charge is 0.423 e. The molecule has 2 aromatic rings. The molecule has 2 aromatic heterocycles. The summed E-state index contributed by atoms with van der Waals surface area (Å²) in [4.78, 5) is 34.0. The summed E-state index contributed by atoms with van der Waals surface area (Å²) in [6, 6.07) is 3.78. The molecule has 0 aromatic carbocycles. The zero-order chi connectivity index (χ0) is 20.9. The van der Waals surface area contributed by atoms with Crippen molar-refractivity contribution in [3.8, 4) is 0 Å². The first-order valence-corrected chi connectivity index (χ1v) is 10.1. The fourth-order valence-electron chi connectivity index (χ4n) is 4.74. The molecule has 3 aliphatic rings. The Balaban J connectivity index is 1.34. The summed E-state index contributed by atoms with van der Waals surface area (Å²) < 4.78 is 11.7. The number of hydrogen-bond donors (Lipinski definition) is 0. The smallest absolute Gasteiger partial charge is 0.235 e. The zero-order valence-electron chi connectivity index (χ0n) is 16.9. The molecule has 0 saturated carbocycles. The molecule has 0 radical (unpaired) electrons. The molecular weight excluding hydrogens is 386 g/mol. The zero-order valence-corrected chi connectivity index (χ0v) is 16.9. The van der Waals surface area contributed by atoms with E-state index in [2.05, 4.69) is 15.2 Å². The maximum Gasteiger partial charge on any atom is 0.235 e. The summed E-state index contributed by atoms with van der Waals surface area (Å²) in [5.41, 5.74) is 0.217. The van der Waals surface area contributed by atoms with Gasteiger partial charge in [-0.15, -0.1) is 10.2 Å². The van der Waals surface area contributed by atoms with Gasteiger partial charge in [0.25, 0.3) is 0 Å². The first-order valence-electron chi connectivity index (χ1n) is 10.1. The highest BCUT2D eigenvalue weighted by molar-refractivity contribution is 5.92. The van der Waals surface area contributed by atoms with E-state index in [1.165, 1.54) is 0 Å². The van der Waals surface area contributed by atoms with Crippen molar-refractivity contribution in [2.75, 3.05) is 13.6 Å². The van der Waals surface area contributed by atoms with E-state index >= 15 is 0 Å². The second-order valence-corrected chi connectivity index (χ2v) is 8.09. The number of nitrogens with zero attached hydrogens (tertiary/aromatic N) is 5. The number of hydrogen-bond acceptors (Lipinski definition) is 7. The van der Waals surface area contributed by atoms with Crippen LogP contribution in [0.2, 0.25) is 0 Å². The monoisotopic (exact) mass is 409 g/mol. The third-order valence-corrected chi connectivity index (χ3v) is 6.12. The molecule has 2 unspecified atom stereocenters. The molecular formula is C21H23N5O4.